The number of benzene rings is 2. The number of amides is 1. The predicted molar refractivity (Wildman–Crippen MR) is 130 cm³/mol. The molecule has 0 radical (unpaired) electrons. The molecule has 3 aromatic rings. The van der Waals surface area contributed by atoms with E-state index in [1.54, 1.807) is 24.3 Å². The van der Waals surface area contributed by atoms with E-state index < -0.39 is 29.3 Å². The van der Waals surface area contributed by atoms with Gasteiger partial charge in [0.25, 0.3) is 5.91 Å². The standard InChI is InChI=1S/C27H29FN2O5/c1-4-29(5-2)14-7-15-30-23(17-10-12-19(28)13-11-17)22(25(32)27(30)33)24(31)21-16-18-8-6-9-20(34-3)26(18)35-21/h6,8-13,16,23,32H,4-5,7,14-15H2,1-3H3/t23-/m0/s1. The normalized spacial score (nSPS) is 16.1. The number of furan rings is 1. The lowest BCUT2D eigenvalue weighted by Crippen LogP contribution is -2.34. The summed E-state index contributed by atoms with van der Waals surface area (Å²) in [5, 5.41) is 11.5. The van der Waals surface area contributed by atoms with Crippen LogP contribution in [0.15, 0.2) is 64.3 Å². The van der Waals surface area contributed by atoms with Crippen LogP contribution in [0.1, 0.15) is 42.4 Å². The van der Waals surface area contributed by atoms with Crippen LogP contribution >= 0.6 is 0 Å². The molecule has 8 heteroatoms. The van der Waals surface area contributed by atoms with E-state index >= 15 is 0 Å². The van der Waals surface area contributed by atoms with E-state index in [9.17, 15) is 19.1 Å². The van der Waals surface area contributed by atoms with Crippen molar-refractivity contribution in [1.29, 1.82) is 0 Å². The largest absolute Gasteiger partial charge is 0.503 e. The van der Waals surface area contributed by atoms with Gasteiger partial charge >= 0.3 is 0 Å². The van der Waals surface area contributed by atoms with Crippen molar-refractivity contribution in [3.05, 3.63) is 77.0 Å². The topological polar surface area (TPSA) is 83.2 Å². The monoisotopic (exact) mass is 480 g/mol. The molecule has 0 fully saturated rings. The molecule has 1 aromatic heterocycles. The summed E-state index contributed by atoms with van der Waals surface area (Å²) in [4.78, 5) is 30.5. The Morgan fingerprint density at radius 1 is 1.17 bits per heavy atom. The van der Waals surface area contributed by atoms with Crippen molar-refractivity contribution in [3.63, 3.8) is 0 Å². The van der Waals surface area contributed by atoms with E-state index in [4.69, 9.17) is 9.15 Å². The maximum Gasteiger partial charge on any atom is 0.290 e. The van der Waals surface area contributed by atoms with Crippen LogP contribution in [0.3, 0.4) is 0 Å². The van der Waals surface area contributed by atoms with Crippen LogP contribution in [0.4, 0.5) is 4.39 Å². The molecule has 0 saturated heterocycles. The zero-order valence-corrected chi connectivity index (χ0v) is 20.1. The minimum Gasteiger partial charge on any atom is -0.503 e. The van der Waals surface area contributed by atoms with Crippen molar-refractivity contribution in [2.75, 3.05) is 33.3 Å². The summed E-state index contributed by atoms with van der Waals surface area (Å²) < 4.78 is 24.8. The summed E-state index contributed by atoms with van der Waals surface area (Å²) >= 11 is 0. The van der Waals surface area contributed by atoms with Gasteiger partial charge in [-0.1, -0.05) is 38.1 Å². The second-order valence-electron chi connectivity index (χ2n) is 8.41. The van der Waals surface area contributed by atoms with Gasteiger partial charge in [0.05, 0.1) is 18.7 Å². The van der Waals surface area contributed by atoms with Crippen molar-refractivity contribution in [3.8, 4) is 5.75 Å². The van der Waals surface area contributed by atoms with Crippen molar-refractivity contribution in [2.45, 2.75) is 26.3 Å². The predicted octanol–water partition coefficient (Wildman–Crippen LogP) is 4.89. The number of hydrogen-bond donors (Lipinski definition) is 1. The molecule has 1 aliphatic heterocycles. The number of hydrogen-bond acceptors (Lipinski definition) is 6. The van der Waals surface area contributed by atoms with Crippen LogP contribution in [0.5, 0.6) is 5.75 Å². The molecule has 1 atom stereocenters. The summed E-state index contributed by atoms with van der Waals surface area (Å²) in [5.74, 6) is -1.83. The number of carbonyl (C=O) groups excluding carboxylic acids is 2. The van der Waals surface area contributed by atoms with Crippen molar-refractivity contribution in [2.24, 2.45) is 0 Å². The molecular weight excluding hydrogens is 451 g/mol. The van der Waals surface area contributed by atoms with Crippen molar-refractivity contribution < 1.29 is 28.2 Å². The number of nitrogens with zero attached hydrogens (tertiary/aromatic N) is 2. The van der Waals surface area contributed by atoms with Gasteiger partial charge in [-0.25, -0.2) is 4.39 Å². The van der Waals surface area contributed by atoms with E-state index in [0.29, 0.717) is 35.2 Å². The molecule has 0 unspecified atom stereocenters. The first kappa shape index (κ1) is 24.5. The molecule has 4 rings (SSSR count). The molecule has 1 N–H and O–H groups in total. The van der Waals surface area contributed by atoms with Gasteiger partial charge in [0.2, 0.25) is 5.78 Å². The third-order valence-electron chi connectivity index (χ3n) is 6.45. The van der Waals surface area contributed by atoms with E-state index in [1.807, 2.05) is 0 Å². The number of rotatable bonds is 10. The van der Waals surface area contributed by atoms with E-state index in [-0.39, 0.29) is 11.3 Å². The zero-order chi connectivity index (χ0) is 25.1. The lowest BCUT2D eigenvalue weighted by Gasteiger charge is -2.28. The Bertz CT molecular complexity index is 1260. The number of fused-ring (bicyclic) bond motifs is 1. The fourth-order valence-corrected chi connectivity index (χ4v) is 4.55. The van der Waals surface area contributed by atoms with Crippen LogP contribution < -0.4 is 4.74 Å². The highest BCUT2D eigenvalue weighted by molar-refractivity contribution is 6.16. The van der Waals surface area contributed by atoms with Gasteiger partial charge in [-0.3, -0.25) is 9.59 Å². The molecule has 184 valence electrons. The van der Waals surface area contributed by atoms with Gasteiger partial charge < -0.3 is 24.1 Å². The number of halogens is 1. The first-order valence-electron chi connectivity index (χ1n) is 11.7. The van der Waals surface area contributed by atoms with E-state index in [1.165, 1.54) is 36.3 Å². The number of aliphatic hydroxyl groups excluding tert-OH is 1. The molecule has 1 aliphatic rings. The van der Waals surface area contributed by atoms with Crippen LogP contribution in [0, 0.1) is 5.82 Å². The third-order valence-corrected chi connectivity index (χ3v) is 6.45. The fraction of sp³-hybridized carbons (Fsp3) is 0.333. The Morgan fingerprint density at radius 3 is 2.54 bits per heavy atom. The summed E-state index contributed by atoms with van der Waals surface area (Å²) in [5.41, 5.74) is 0.850. The highest BCUT2D eigenvalue weighted by Gasteiger charge is 2.44. The van der Waals surface area contributed by atoms with Crippen LogP contribution in [0.2, 0.25) is 0 Å². The lowest BCUT2D eigenvalue weighted by atomic mass is 9.95. The number of para-hydroxylation sites is 1. The zero-order valence-electron chi connectivity index (χ0n) is 20.1. The minimum atomic E-state index is -0.859. The van der Waals surface area contributed by atoms with Gasteiger partial charge in [-0.05, 0) is 55.9 Å². The second kappa shape index (κ2) is 10.3. The number of Topliss-reactive ketones (excluding diaryl/α,β-unsaturated/α-hetero) is 1. The van der Waals surface area contributed by atoms with Crippen LogP contribution in [-0.2, 0) is 4.79 Å². The van der Waals surface area contributed by atoms with Gasteiger partial charge in [-0.15, -0.1) is 0 Å². The third kappa shape index (κ3) is 4.66. The maximum absolute atomic E-state index is 13.7. The molecule has 2 aromatic carbocycles. The average Bonchev–Trinajstić information content (AvgIpc) is 3.41. The Kier molecular flexibility index (Phi) is 7.21. The number of methoxy groups -OCH3 is 1. The highest BCUT2D eigenvalue weighted by Crippen LogP contribution is 2.40. The second-order valence-corrected chi connectivity index (χ2v) is 8.41. The summed E-state index contributed by atoms with van der Waals surface area (Å²) in [6.07, 6.45) is 0.654. The minimum absolute atomic E-state index is 0.0176. The first-order chi connectivity index (χ1) is 16.9. The molecule has 0 aliphatic carbocycles. The Hall–Kier alpha value is -3.65. The lowest BCUT2D eigenvalue weighted by molar-refractivity contribution is -0.129. The quantitative estimate of drug-likeness (QED) is 0.416. The Balaban J connectivity index is 1.71. The SMILES string of the molecule is CCN(CC)CCCN1C(=O)C(O)=C(C(=O)c2cc3cccc(OC)c3o2)[C@@H]1c1ccc(F)cc1. The van der Waals surface area contributed by atoms with E-state index in [2.05, 4.69) is 18.7 Å². The molecule has 0 bridgehead atoms. The molecule has 1 amide bonds. The molecular formula is C27H29FN2O5. The summed E-state index contributed by atoms with van der Waals surface area (Å²) in [7, 11) is 1.50. The smallest absolute Gasteiger partial charge is 0.290 e. The van der Waals surface area contributed by atoms with Crippen LogP contribution in [0.25, 0.3) is 11.0 Å². The average molecular weight is 481 g/mol. The van der Waals surface area contributed by atoms with Gasteiger partial charge in [0.1, 0.15) is 5.82 Å². The number of ether oxygens (including phenoxy) is 1. The Labute approximate surface area is 203 Å². The Morgan fingerprint density at radius 2 is 1.89 bits per heavy atom. The molecule has 7 nitrogen and oxygen atoms in total. The van der Waals surface area contributed by atoms with Crippen molar-refractivity contribution >= 4 is 22.7 Å². The number of ketones is 1. The summed E-state index contributed by atoms with van der Waals surface area (Å²) in [6, 6.07) is 11.6. The van der Waals surface area contributed by atoms with Crippen molar-refractivity contribution in [1.82, 2.24) is 9.80 Å². The van der Waals surface area contributed by atoms with E-state index in [0.717, 1.165) is 19.6 Å². The highest BCUT2D eigenvalue weighted by atomic mass is 19.1. The number of carbonyl (C=O) groups is 2. The summed E-state index contributed by atoms with van der Waals surface area (Å²) in [6.45, 7) is 6.99. The molecule has 2 heterocycles. The van der Waals surface area contributed by atoms with Crippen LogP contribution in [-0.4, -0.2) is 59.9 Å². The van der Waals surface area contributed by atoms with Gasteiger partial charge in [-0.2, -0.15) is 0 Å². The molecule has 0 saturated carbocycles. The van der Waals surface area contributed by atoms with Gasteiger partial charge in [0, 0.05) is 11.9 Å². The molecule has 35 heavy (non-hydrogen) atoms. The fourth-order valence-electron chi connectivity index (χ4n) is 4.55. The first-order valence-corrected chi connectivity index (χ1v) is 11.7. The molecule has 0 spiro atoms. The number of aliphatic hydroxyl groups is 1. The van der Waals surface area contributed by atoms with Gasteiger partial charge in [0.15, 0.2) is 22.9 Å². The maximum atomic E-state index is 13.7.